The minimum absolute atomic E-state index is 0.0338. The molecular formula is C15H23N3O2. The van der Waals surface area contributed by atoms with E-state index in [-0.39, 0.29) is 18.7 Å². The second-order valence-corrected chi connectivity index (χ2v) is 5.17. The molecular weight excluding hydrogens is 254 g/mol. The van der Waals surface area contributed by atoms with Crippen LogP contribution in [0, 0.1) is 0 Å². The van der Waals surface area contributed by atoms with Crippen LogP contribution in [0.15, 0.2) is 24.3 Å². The summed E-state index contributed by atoms with van der Waals surface area (Å²) in [7, 11) is 2.02. The third kappa shape index (κ3) is 3.22. The highest BCUT2D eigenvalue weighted by molar-refractivity contribution is 5.90. The number of hydrogen-bond donors (Lipinski definition) is 2. The number of carbonyl (C=O) groups excluding carboxylic acids is 1. The van der Waals surface area contributed by atoms with E-state index >= 15 is 0 Å². The van der Waals surface area contributed by atoms with E-state index in [0.717, 1.165) is 30.8 Å². The average molecular weight is 277 g/mol. The van der Waals surface area contributed by atoms with Gasteiger partial charge in [-0.15, -0.1) is 0 Å². The van der Waals surface area contributed by atoms with Crippen molar-refractivity contribution in [3.8, 4) is 0 Å². The van der Waals surface area contributed by atoms with Gasteiger partial charge in [-0.2, -0.15) is 0 Å². The first-order valence-corrected chi connectivity index (χ1v) is 7.15. The Bertz CT molecular complexity index is 464. The Morgan fingerprint density at radius 2 is 2.35 bits per heavy atom. The molecule has 1 fully saturated rings. The van der Waals surface area contributed by atoms with E-state index < -0.39 is 0 Å². The first kappa shape index (κ1) is 14.7. The Kier molecular flexibility index (Phi) is 4.84. The molecule has 1 aromatic carbocycles. The first-order valence-electron chi connectivity index (χ1n) is 7.15. The van der Waals surface area contributed by atoms with Crippen molar-refractivity contribution >= 4 is 17.4 Å². The van der Waals surface area contributed by atoms with Crippen molar-refractivity contribution in [1.82, 2.24) is 4.90 Å². The Morgan fingerprint density at radius 1 is 1.55 bits per heavy atom. The standard InChI is InChI=1S/C15H23N3O2/c1-3-17(2)13-7-4-6-12(10-13)16-15(20)18-9-5-8-14(18)11-19/h4,6-7,10,14,19H,3,5,8-9,11H2,1-2H3,(H,16,20)/t14-/m0/s1. The molecule has 1 aromatic rings. The van der Waals surface area contributed by atoms with Crippen LogP contribution in [0.3, 0.4) is 0 Å². The Labute approximate surface area is 120 Å². The summed E-state index contributed by atoms with van der Waals surface area (Å²) < 4.78 is 0. The van der Waals surface area contributed by atoms with E-state index in [1.54, 1.807) is 4.90 Å². The van der Waals surface area contributed by atoms with Gasteiger partial charge in [-0.05, 0) is 38.0 Å². The zero-order chi connectivity index (χ0) is 14.5. The normalized spacial score (nSPS) is 18.1. The van der Waals surface area contributed by atoms with Crippen LogP contribution in [0.2, 0.25) is 0 Å². The minimum Gasteiger partial charge on any atom is -0.394 e. The molecule has 0 aliphatic carbocycles. The van der Waals surface area contributed by atoms with Crippen LogP contribution in [0.5, 0.6) is 0 Å². The summed E-state index contributed by atoms with van der Waals surface area (Å²) in [6, 6.07) is 7.63. The molecule has 2 amide bonds. The molecule has 20 heavy (non-hydrogen) atoms. The second kappa shape index (κ2) is 6.61. The molecule has 0 aromatic heterocycles. The summed E-state index contributed by atoms with van der Waals surface area (Å²) in [6.45, 7) is 3.75. The topological polar surface area (TPSA) is 55.8 Å². The minimum atomic E-state index is -0.127. The molecule has 0 unspecified atom stereocenters. The van der Waals surface area contributed by atoms with Crippen LogP contribution in [0.1, 0.15) is 19.8 Å². The molecule has 1 heterocycles. The zero-order valence-electron chi connectivity index (χ0n) is 12.2. The van der Waals surface area contributed by atoms with Crippen LogP contribution in [0.25, 0.3) is 0 Å². The SMILES string of the molecule is CCN(C)c1cccc(NC(=O)N2CCC[C@H]2CO)c1. The lowest BCUT2D eigenvalue weighted by Crippen LogP contribution is -2.40. The summed E-state index contributed by atoms with van der Waals surface area (Å²) in [4.78, 5) is 16.1. The van der Waals surface area contributed by atoms with Gasteiger partial charge in [0.25, 0.3) is 0 Å². The van der Waals surface area contributed by atoms with Crippen LogP contribution in [-0.2, 0) is 0 Å². The smallest absolute Gasteiger partial charge is 0.322 e. The Hall–Kier alpha value is -1.75. The van der Waals surface area contributed by atoms with Crippen LogP contribution in [-0.4, -0.2) is 48.8 Å². The number of nitrogens with one attached hydrogen (secondary N) is 1. The van der Waals surface area contributed by atoms with Crippen molar-refractivity contribution in [3.05, 3.63) is 24.3 Å². The maximum absolute atomic E-state index is 12.2. The van der Waals surface area contributed by atoms with E-state index in [2.05, 4.69) is 17.1 Å². The third-order valence-corrected chi connectivity index (χ3v) is 3.86. The fourth-order valence-corrected chi connectivity index (χ4v) is 2.49. The fraction of sp³-hybridized carbons (Fsp3) is 0.533. The highest BCUT2D eigenvalue weighted by atomic mass is 16.3. The lowest BCUT2D eigenvalue weighted by molar-refractivity contribution is 0.166. The predicted molar refractivity (Wildman–Crippen MR) is 81.2 cm³/mol. The quantitative estimate of drug-likeness (QED) is 0.886. The molecule has 1 atom stereocenters. The lowest BCUT2D eigenvalue weighted by atomic mass is 10.2. The Balaban J connectivity index is 2.04. The van der Waals surface area contributed by atoms with Gasteiger partial charge in [0, 0.05) is 31.5 Å². The van der Waals surface area contributed by atoms with Crippen molar-refractivity contribution in [2.45, 2.75) is 25.8 Å². The predicted octanol–water partition coefficient (Wildman–Crippen LogP) is 2.13. The summed E-state index contributed by atoms with van der Waals surface area (Å²) >= 11 is 0. The number of nitrogens with zero attached hydrogens (tertiary/aromatic N) is 2. The van der Waals surface area contributed by atoms with Gasteiger partial charge in [0.1, 0.15) is 0 Å². The molecule has 0 bridgehead atoms. The molecule has 1 saturated heterocycles. The molecule has 110 valence electrons. The number of benzene rings is 1. The molecule has 0 spiro atoms. The van der Waals surface area contributed by atoms with E-state index in [1.807, 2.05) is 31.3 Å². The number of urea groups is 1. The van der Waals surface area contributed by atoms with Gasteiger partial charge in [0.2, 0.25) is 0 Å². The molecule has 0 saturated carbocycles. The molecule has 1 aliphatic rings. The largest absolute Gasteiger partial charge is 0.394 e. The number of rotatable bonds is 4. The van der Waals surface area contributed by atoms with Crippen LogP contribution in [0.4, 0.5) is 16.2 Å². The number of likely N-dealkylation sites (tertiary alicyclic amines) is 1. The van der Waals surface area contributed by atoms with Gasteiger partial charge < -0.3 is 20.2 Å². The second-order valence-electron chi connectivity index (χ2n) is 5.17. The number of aliphatic hydroxyl groups excluding tert-OH is 1. The lowest BCUT2D eigenvalue weighted by Gasteiger charge is -2.24. The van der Waals surface area contributed by atoms with E-state index in [1.165, 1.54) is 0 Å². The summed E-state index contributed by atoms with van der Waals surface area (Å²) in [5.74, 6) is 0. The monoisotopic (exact) mass is 277 g/mol. The van der Waals surface area contributed by atoms with Gasteiger partial charge >= 0.3 is 6.03 Å². The van der Waals surface area contributed by atoms with Crippen molar-refractivity contribution in [2.24, 2.45) is 0 Å². The van der Waals surface area contributed by atoms with E-state index in [0.29, 0.717) is 6.54 Å². The highest BCUT2D eigenvalue weighted by Gasteiger charge is 2.27. The van der Waals surface area contributed by atoms with Crippen LogP contribution < -0.4 is 10.2 Å². The maximum Gasteiger partial charge on any atom is 0.322 e. The summed E-state index contributed by atoms with van der Waals surface area (Å²) in [6.07, 6.45) is 1.83. The maximum atomic E-state index is 12.2. The van der Waals surface area contributed by atoms with Gasteiger partial charge in [-0.25, -0.2) is 4.79 Å². The number of amides is 2. The number of hydrogen-bond acceptors (Lipinski definition) is 3. The molecule has 1 aliphatic heterocycles. The molecule has 0 radical (unpaired) electrons. The molecule has 5 heteroatoms. The summed E-state index contributed by atoms with van der Waals surface area (Å²) in [5.41, 5.74) is 1.86. The fourth-order valence-electron chi connectivity index (χ4n) is 2.49. The van der Waals surface area contributed by atoms with Crippen molar-refractivity contribution < 1.29 is 9.90 Å². The van der Waals surface area contributed by atoms with Gasteiger partial charge in [-0.1, -0.05) is 6.07 Å². The van der Waals surface area contributed by atoms with Gasteiger partial charge in [0.05, 0.1) is 12.6 Å². The van der Waals surface area contributed by atoms with Crippen LogP contribution >= 0.6 is 0 Å². The van der Waals surface area contributed by atoms with Gasteiger partial charge in [0.15, 0.2) is 0 Å². The number of aliphatic hydroxyl groups is 1. The van der Waals surface area contributed by atoms with E-state index in [4.69, 9.17) is 0 Å². The highest BCUT2D eigenvalue weighted by Crippen LogP contribution is 2.21. The third-order valence-electron chi connectivity index (χ3n) is 3.86. The number of carbonyl (C=O) groups is 1. The van der Waals surface area contributed by atoms with Crippen molar-refractivity contribution in [3.63, 3.8) is 0 Å². The Morgan fingerprint density at radius 3 is 3.05 bits per heavy atom. The molecule has 2 N–H and O–H groups in total. The number of anilines is 2. The molecule has 2 rings (SSSR count). The summed E-state index contributed by atoms with van der Waals surface area (Å²) in [5, 5.41) is 12.2. The zero-order valence-corrected chi connectivity index (χ0v) is 12.2. The van der Waals surface area contributed by atoms with Crippen molar-refractivity contribution in [1.29, 1.82) is 0 Å². The first-order chi connectivity index (χ1) is 9.65. The van der Waals surface area contributed by atoms with Gasteiger partial charge in [-0.3, -0.25) is 0 Å². The average Bonchev–Trinajstić information content (AvgIpc) is 2.95. The van der Waals surface area contributed by atoms with E-state index in [9.17, 15) is 9.90 Å². The van der Waals surface area contributed by atoms with Crippen molar-refractivity contribution in [2.75, 3.05) is 37.0 Å². The molecule has 5 nitrogen and oxygen atoms in total.